The predicted molar refractivity (Wildman–Crippen MR) is 47.4 cm³/mol. The molecule has 0 aromatic heterocycles. The molecule has 0 saturated carbocycles. The molecule has 0 radical (unpaired) electrons. The first-order valence-corrected chi connectivity index (χ1v) is 3.95. The highest BCUT2D eigenvalue weighted by Gasteiger charge is 2.34. The normalized spacial score (nSPS) is 11.5. The van der Waals surface area contributed by atoms with Gasteiger partial charge in [0.1, 0.15) is 0 Å². The van der Waals surface area contributed by atoms with Crippen LogP contribution in [0.4, 0.5) is 18.9 Å². The molecular weight excluding hydrogens is 219 g/mol. The fraction of sp³-hybridized carbons (Fsp3) is 0.250. The van der Waals surface area contributed by atoms with E-state index in [0.717, 1.165) is 12.1 Å². The van der Waals surface area contributed by atoms with Crippen LogP contribution in [0.3, 0.4) is 0 Å². The van der Waals surface area contributed by atoms with Crippen molar-refractivity contribution in [1.82, 2.24) is 0 Å². The van der Waals surface area contributed by atoms with Gasteiger partial charge < -0.3 is 10.5 Å². The molecule has 0 heterocycles. The Hall–Kier alpha value is -1.10. The van der Waals surface area contributed by atoms with Crippen LogP contribution in [-0.2, 0) is 6.18 Å². The summed E-state index contributed by atoms with van der Waals surface area (Å²) in [5.41, 5.74) is 3.81. The van der Waals surface area contributed by atoms with Gasteiger partial charge in [-0.05, 0) is 12.1 Å². The molecule has 0 unspecified atom stereocenters. The van der Waals surface area contributed by atoms with Gasteiger partial charge in [0.2, 0.25) is 0 Å². The van der Waals surface area contributed by atoms with Crippen molar-refractivity contribution < 1.29 is 17.9 Å². The number of ether oxygens (including phenoxy) is 1. The van der Waals surface area contributed by atoms with Crippen molar-refractivity contribution in [2.24, 2.45) is 0 Å². The monoisotopic (exact) mass is 225 g/mol. The van der Waals surface area contributed by atoms with E-state index in [2.05, 4.69) is 4.74 Å². The zero-order chi connectivity index (χ0) is 10.9. The van der Waals surface area contributed by atoms with Crippen molar-refractivity contribution in [3.8, 4) is 5.75 Å². The van der Waals surface area contributed by atoms with Crippen molar-refractivity contribution in [1.29, 1.82) is 0 Å². The lowest BCUT2D eigenvalue weighted by Gasteiger charge is -2.13. The Bertz CT molecular complexity index is 351. The number of alkyl halides is 3. The van der Waals surface area contributed by atoms with Gasteiger partial charge in [-0.3, -0.25) is 0 Å². The molecule has 1 rings (SSSR count). The Morgan fingerprint density at radius 1 is 1.36 bits per heavy atom. The van der Waals surface area contributed by atoms with E-state index < -0.39 is 17.4 Å². The molecule has 6 heteroatoms. The topological polar surface area (TPSA) is 35.2 Å². The molecule has 0 amide bonds. The average Bonchev–Trinajstić information content (AvgIpc) is 2.02. The van der Waals surface area contributed by atoms with Crippen LogP contribution in [0.1, 0.15) is 5.56 Å². The lowest BCUT2D eigenvalue weighted by Crippen LogP contribution is -2.09. The molecule has 2 nitrogen and oxygen atoms in total. The van der Waals surface area contributed by atoms with Gasteiger partial charge in [-0.2, -0.15) is 13.2 Å². The van der Waals surface area contributed by atoms with Crippen molar-refractivity contribution >= 4 is 17.3 Å². The van der Waals surface area contributed by atoms with Crippen LogP contribution < -0.4 is 10.5 Å². The van der Waals surface area contributed by atoms with E-state index in [4.69, 9.17) is 17.3 Å². The Morgan fingerprint density at radius 3 is 2.36 bits per heavy atom. The summed E-state index contributed by atoms with van der Waals surface area (Å²) >= 11 is 5.58. The molecular formula is C8H7ClF3NO. The highest BCUT2D eigenvalue weighted by molar-refractivity contribution is 6.32. The van der Waals surface area contributed by atoms with Gasteiger partial charge >= 0.3 is 6.18 Å². The number of halogens is 4. The van der Waals surface area contributed by atoms with E-state index in [9.17, 15) is 13.2 Å². The van der Waals surface area contributed by atoms with Gasteiger partial charge in [-0.1, -0.05) is 11.6 Å². The van der Waals surface area contributed by atoms with Crippen LogP contribution in [0.2, 0.25) is 5.02 Å². The van der Waals surface area contributed by atoms with Crippen LogP contribution in [0.25, 0.3) is 0 Å². The fourth-order valence-electron chi connectivity index (χ4n) is 1.03. The molecule has 0 aliphatic rings. The number of nitrogen functional groups attached to an aromatic ring is 1. The second kappa shape index (κ2) is 3.57. The van der Waals surface area contributed by atoms with E-state index >= 15 is 0 Å². The number of nitrogens with two attached hydrogens (primary N) is 1. The first-order chi connectivity index (χ1) is 6.38. The minimum Gasteiger partial charge on any atom is -0.493 e. The standard InChI is InChI=1S/C8H7ClF3NO/c1-14-7-5(9)3-2-4(6(7)13)8(10,11)12/h2-3H,13H2,1H3. The van der Waals surface area contributed by atoms with Crippen LogP contribution >= 0.6 is 11.6 Å². The van der Waals surface area contributed by atoms with Crippen molar-refractivity contribution in [2.45, 2.75) is 6.18 Å². The van der Waals surface area contributed by atoms with Crippen LogP contribution in [-0.4, -0.2) is 7.11 Å². The van der Waals surface area contributed by atoms with Crippen LogP contribution in [0.5, 0.6) is 5.75 Å². The minimum absolute atomic E-state index is 0.0537. The number of methoxy groups -OCH3 is 1. The quantitative estimate of drug-likeness (QED) is 0.746. The maximum Gasteiger partial charge on any atom is 0.418 e. The lowest BCUT2D eigenvalue weighted by molar-refractivity contribution is -0.137. The molecule has 2 N–H and O–H groups in total. The summed E-state index contributed by atoms with van der Waals surface area (Å²) in [4.78, 5) is 0. The third-order valence-electron chi connectivity index (χ3n) is 1.66. The summed E-state index contributed by atoms with van der Waals surface area (Å²) in [5, 5.41) is 0.0537. The second-order valence-electron chi connectivity index (χ2n) is 2.54. The molecule has 0 aliphatic carbocycles. The van der Waals surface area contributed by atoms with Gasteiger partial charge in [-0.25, -0.2) is 0 Å². The van der Waals surface area contributed by atoms with Gasteiger partial charge in [-0.15, -0.1) is 0 Å². The minimum atomic E-state index is -4.50. The zero-order valence-corrected chi connectivity index (χ0v) is 7.91. The summed E-state index contributed by atoms with van der Waals surface area (Å²) in [6, 6.07) is 1.92. The molecule has 14 heavy (non-hydrogen) atoms. The molecule has 78 valence electrons. The third kappa shape index (κ3) is 1.87. The number of rotatable bonds is 1. The van der Waals surface area contributed by atoms with Gasteiger partial charge in [0.25, 0.3) is 0 Å². The van der Waals surface area contributed by atoms with Crippen LogP contribution in [0, 0.1) is 0 Å². The molecule has 1 aromatic carbocycles. The van der Waals surface area contributed by atoms with Gasteiger partial charge in [0.05, 0.1) is 23.4 Å². The largest absolute Gasteiger partial charge is 0.493 e. The Morgan fingerprint density at radius 2 is 1.93 bits per heavy atom. The van der Waals surface area contributed by atoms with Crippen molar-refractivity contribution in [2.75, 3.05) is 12.8 Å². The SMILES string of the molecule is COc1c(Cl)ccc(C(F)(F)F)c1N. The first kappa shape index (κ1) is 11.0. The number of hydrogen-bond acceptors (Lipinski definition) is 2. The summed E-state index contributed by atoms with van der Waals surface area (Å²) < 4.78 is 41.6. The predicted octanol–water partition coefficient (Wildman–Crippen LogP) is 2.95. The van der Waals surface area contributed by atoms with Crippen molar-refractivity contribution in [3.63, 3.8) is 0 Å². The maximum atomic E-state index is 12.3. The smallest absolute Gasteiger partial charge is 0.418 e. The molecule has 0 saturated heterocycles. The summed E-state index contributed by atoms with van der Waals surface area (Å²) in [7, 11) is 1.21. The second-order valence-corrected chi connectivity index (χ2v) is 2.95. The summed E-state index contributed by atoms with van der Waals surface area (Å²) in [5.74, 6) is -0.151. The number of benzene rings is 1. The zero-order valence-electron chi connectivity index (χ0n) is 7.15. The Kier molecular flexibility index (Phi) is 2.80. The molecule has 0 spiro atoms. The van der Waals surface area contributed by atoms with E-state index in [0.29, 0.717) is 0 Å². The summed E-state index contributed by atoms with van der Waals surface area (Å²) in [6.45, 7) is 0. The highest BCUT2D eigenvalue weighted by Crippen LogP contribution is 2.41. The Balaban J connectivity index is 3.36. The summed E-state index contributed by atoms with van der Waals surface area (Å²) in [6.07, 6.45) is -4.50. The average molecular weight is 226 g/mol. The van der Waals surface area contributed by atoms with E-state index in [-0.39, 0.29) is 10.8 Å². The van der Waals surface area contributed by atoms with E-state index in [1.165, 1.54) is 7.11 Å². The van der Waals surface area contributed by atoms with E-state index in [1.807, 2.05) is 0 Å². The van der Waals surface area contributed by atoms with Gasteiger partial charge in [0.15, 0.2) is 5.75 Å². The molecule has 0 bridgehead atoms. The number of anilines is 1. The molecule has 0 fully saturated rings. The van der Waals surface area contributed by atoms with Gasteiger partial charge in [0, 0.05) is 0 Å². The molecule has 1 aromatic rings. The Labute approximate surface area is 83.4 Å². The molecule has 0 aliphatic heterocycles. The maximum absolute atomic E-state index is 12.3. The lowest BCUT2D eigenvalue weighted by atomic mass is 10.1. The fourth-order valence-corrected chi connectivity index (χ4v) is 1.27. The third-order valence-corrected chi connectivity index (χ3v) is 1.96. The first-order valence-electron chi connectivity index (χ1n) is 3.57. The van der Waals surface area contributed by atoms with E-state index in [1.54, 1.807) is 0 Å². The highest BCUT2D eigenvalue weighted by atomic mass is 35.5. The molecule has 0 atom stereocenters. The number of hydrogen-bond donors (Lipinski definition) is 1. The van der Waals surface area contributed by atoms with Crippen LogP contribution in [0.15, 0.2) is 12.1 Å². The van der Waals surface area contributed by atoms with Crippen molar-refractivity contribution in [3.05, 3.63) is 22.7 Å².